The summed E-state index contributed by atoms with van der Waals surface area (Å²) in [6.45, 7) is 3.69. The maximum Gasteiger partial charge on any atom is 0.271 e. The maximum atomic E-state index is 13.1. The maximum absolute atomic E-state index is 13.1. The van der Waals surface area contributed by atoms with Crippen LogP contribution in [0.15, 0.2) is 36.7 Å². The molecular weight excluding hydrogens is 261 g/mol. The van der Waals surface area contributed by atoms with Gasteiger partial charge in [0.1, 0.15) is 5.82 Å². The zero-order valence-electron chi connectivity index (χ0n) is 11.1. The van der Waals surface area contributed by atoms with Crippen LogP contribution in [0.4, 0.5) is 15.8 Å². The quantitative estimate of drug-likeness (QED) is 0.683. The predicted molar refractivity (Wildman–Crippen MR) is 74.1 cm³/mol. The first-order chi connectivity index (χ1) is 9.47. The Morgan fingerprint density at radius 3 is 2.75 bits per heavy atom. The van der Waals surface area contributed by atoms with Gasteiger partial charge in [0.05, 0.1) is 17.2 Å². The first-order valence-electron chi connectivity index (χ1n) is 6.09. The van der Waals surface area contributed by atoms with Gasteiger partial charge in [-0.3, -0.25) is 15.1 Å². The summed E-state index contributed by atoms with van der Waals surface area (Å²) in [5.41, 5.74) is 2.22. The molecule has 2 aromatic rings. The monoisotopic (exact) mass is 275 g/mol. The van der Waals surface area contributed by atoms with E-state index in [0.29, 0.717) is 11.3 Å². The van der Waals surface area contributed by atoms with Gasteiger partial charge in [-0.15, -0.1) is 0 Å². The molecular formula is C14H14FN3O2. The average molecular weight is 275 g/mol. The lowest BCUT2D eigenvalue weighted by Gasteiger charge is -2.17. The van der Waals surface area contributed by atoms with Crippen LogP contribution < -0.4 is 5.32 Å². The van der Waals surface area contributed by atoms with Crippen LogP contribution in [-0.2, 0) is 0 Å². The minimum Gasteiger partial charge on any atom is -0.378 e. The fraction of sp³-hybridized carbons (Fsp3) is 0.214. The summed E-state index contributed by atoms with van der Waals surface area (Å²) in [5, 5.41) is 13.9. The van der Waals surface area contributed by atoms with Crippen molar-refractivity contribution >= 4 is 11.4 Å². The molecule has 6 heteroatoms. The third-order valence-corrected chi connectivity index (χ3v) is 3.03. The lowest BCUT2D eigenvalue weighted by Crippen LogP contribution is -2.08. The van der Waals surface area contributed by atoms with Crippen LogP contribution in [0.2, 0.25) is 0 Å². The highest BCUT2D eigenvalue weighted by molar-refractivity contribution is 5.57. The van der Waals surface area contributed by atoms with Crippen molar-refractivity contribution in [2.75, 3.05) is 5.32 Å². The molecule has 0 aliphatic heterocycles. The molecule has 0 aliphatic rings. The van der Waals surface area contributed by atoms with Crippen LogP contribution in [0.25, 0.3) is 0 Å². The van der Waals surface area contributed by atoms with Gasteiger partial charge in [-0.05, 0) is 31.0 Å². The fourth-order valence-corrected chi connectivity index (χ4v) is 1.86. The smallest absolute Gasteiger partial charge is 0.271 e. The van der Waals surface area contributed by atoms with Gasteiger partial charge in [0.15, 0.2) is 0 Å². The number of nitro benzene ring substituents is 1. The summed E-state index contributed by atoms with van der Waals surface area (Å²) in [6, 6.07) is 5.78. The lowest BCUT2D eigenvalue weighted by molar-refractivity contribution is -0.384. The van der Waals surface area contributed by atoms with Gasteiger partial charge in [-0.25, -0.2) is 4.39 Å². The molecule has 0 saturated carbocycles. The van der Waals surface area contributed by atoms with E-state index in [2.05, 4.69) is 10.3 Å². The largest absolute Gasteiger partial charge is 0.378 e. The summed E-state index contributed by atoms with van der Waals surface area (Å²) in [6.07, 6.45) is 2.70. The van der Waals surface area contributed by atoms with E-state index in [0.717, 1.165) is 11.8 Å². The number of pyridine rings is 1. The molecule has 1 atom stereocenters. The Kier molecular flexibility index (Phi) is 3.93. The number of non-ortho nitro benzene ring substituents is 1. The Balaban J connectivity index is 2.25. The molecule has 20 heavy (non-hydrogen) atoms. The van der Waals surface area contributed by atoms with Crippen molar-refractivity contribution in [1.29, 1.82) is 0 Å². The van der Waals surface area contributed by atoms with Gasteiger partial charge in [-0.2, -0.15) is 0 Å². The second-order valence-electron chi connectivity index (χ2n) is 4.56. The third-order valence-electron chi connectivity index (χ3n) is 3.03. The first-order valence-corrected chi connectivity index (χ1v) is 6.09. The number of nitrogens with zero attached hydrogens (tertiary/aromatic N) is 2. The van der Waals surface area contributed by atoms with E-state index < -0.39 is 10.7 Å². The summed E-state index contributed by atoms with van der Waals surface area (Å²) in [7, 11) is 0. The van der Waals surface area contributed by atoms with Crippen molar-refractivity contribution in [2.45, 2.75) is 19.9 Å². The van der Waals surface area contributed by atoms with Crippen molar-refractivity contribution < 1.29 is 9.31 Å². The molecule has 1 aromatic heterocycles. The second-order valence-corrected chi connectivity index (χ2v) is 4.56. The van der Waals surface area contributed by atoms with E-state index in [1.54, 1.807) is 12.3 Å². The molecule has 1 unspecified atom stereocenters. The summed E-state index contributed by atoms with van der Waals surface area (Å²) < 4.78 is 13.1. The fourth-order valence-electron chi connectivity index (χ4n) is 1.86. The minimum atomic E-state index is -0.445. The molecule has 1 heterocycles. The van der Waals surface area contributed by atoms with Crippen LogP contribution in [-0.4, -0.2) is 9.91 Å². The Hall–Kier alpha value is -2.50. The molecule has 0 aliphatic carbocycles. The normalized spacial score (nSPS) is 11.9. The number of hydrogen-bond donors (Lipinski definition) is 1. The van der Waals surface area contributed by atoms with Gasteiger partial charge < -0.3 is 5.32 Å². The first kappa shape index (κ1) is 13.9. The molecule has 0 saturated heterocycles. The Labute approximate surface area is 115 Å². The van der Waals surface area contributed by atoms with Crippen LogP contribution in [0, 0.1) is 22.9 Å². The van der Waals surface area contributed by atoms with Crippen molar-refractivity contribution in [3.63, 3.8) is 0 Å². The topological polar surface area (TPSA) is 68.1 Å². The molecule has 0 fully saturated rings. The van der Waals surface area contributed by atoms with Crippen molar-refractivity contribution in [1.82, 2.24) is 4.98 Å². The predicted octanol–water partition coefficient (Wildman–Crippen LogP) is 3.61. The number of aryl methyl sites for hydroxylation is 1. The van der Waals surface area contributed by atoms with Crippen LogP contribution in [0.5, 0.6) is 0 Å². The number of aromatic nitrogens is 1. The zero-order chi connectivity index (χ0) is 14.7. The van der Waals surface area contributed by atoms with Crippen molar-refractivity contribution in [3.8, 4) is 0 Å². The van der Waals surface area contributed by atoms with Gasteiger partial charge in [-0.1, -0.05) is 6.07 Å². The number of anilines is 1. The van der Waals surface area contributed by atoms with Gasteiger partial charge in [0.25, 0.3) is 5.69 Å². The molecule has 0 spiro atoms. The van der Waals surface area contributed by atoms with Gasteiger partial charge in [0.2, 0.25) is 0 Å². The molecule has 1 N–H and O–H groups in total. The highest BCUT2D eigenvalue weighted by Gasteiger charge is 2.12. The zero-order valence-corrected chi connectivity index (χ0v) is 11.1. The standard InChI is InChI=1S/C14H14FN3O2/c1-9-3-4-13(18(19)20)6-14(9)17-10(2)11-5-12(15)8-16-7-11/h3-8,10,17H,1-2H3. The number of nitrogens with one attached hydrogen (secondary N) is 1. The van der Waals surface area contributed by atoms with E-state index in [1.165, 1.54) is 18.2 Å². The minimum absolute atomic E-state index is 0.0164. The van der Waals surface area contributed by atoms with E-state index in [4.69, 9.17) is 0 Å². The summed E-state index contributed by atoms with van der Waals surface area (Å²) in [4.78, 5) is 14.1. The van der Waals surface area contributed by atoms with E-state index in [1.807, 2.05) is 13.8 Å². The number of halogens is 1. The number of benzene rings is 1. The Bertz CT molecular complexity index is 646. The Morgan fingerprint density at radius 2 is 2.10 bits per heavy atom. The number of rotatable bonds is 4. The molecule has 5 nitrogen and oxygen atoms in total. The number of nitro groups is 1. The van der Waals surface area contributed by atoms with E-state index in [9.17, 15) is 14.5 Å². The van der Waals surface area contributed by atoms with Gasteiger partial charge in [0, 0.05) is 24.0 Å². The summed E-state index contributed by atoms with van der Waals surface area (Å²) in [5.74, 6) is -0.410. The second kappa shape index (κ2) is 5.64. The molecule has 104 valence electrons. The van der Waals surface area contributed by atoms with Crippen LogP contribution in [0.3, 0.4) is 0 Å². The van der Waals surface area contributed by atoms with E-state index >= 15 is 0 Å². The lowest BCUT2D eigenvalue weighted by atomic mass is 10.1. The highest BCUT2D eigenvalue weighted by atomic mass is 19.1. The highest BCUT2D eigenvalue weighted by Crippen LogP contribution is 2.26. The van der Waals surface area contributed by atoms with Gasteiger partial charge >= 0.3 is 0 Å². The molecule has 1 aromatic carbocycles. The number of hydrogen-bond acceptors (Lipinski definition) is 4. The van der Waals surface area contributed by atoms with Crippen LogP contribution in [0.1, 0.15) is 24.1 Å². The average Bonchev–Trinajstić information content (AvgIpc) is 2.41. The Morgan fingerprint density at radius 1 is 1.35 bits per heavy atom. The van der Waals surface area contributed by atoms with Crippen molar-refractivity contribution in [2.24, 2.45) is 0 Å². The summed E-state index contributed by atoms with van der Waals surface area (Å²) >= 11 is 0. The van der Waals surface area contributed by atoms with Crippen molar-refractivity contribution in [3.05, 3.63) is 63.7 Å². The molecule has 0 amide bonds. The molecule has 0 bridgehead atoms. The molecule has 2 rings (SSSR count). The molecule has 0 radical (unpaired) electrons. The van der Waals surface area contributed by atoms with E-state index in [-0.39, 0.29) is 11.7 Å². The SMILES string of the molecule is Cc1ccc([N+](=O)[O-])cc1NC(C)c1cncc(F)c1. The third kappa shape index (κ3) is 3.09. The van der Waals surface area contributed by atoms with Crippen LogP contribution >= 0.6 is 0 Å².